The minimum Gasteiger partial charge on any atom is -0.497 e. The zero-order chi connectivity index (χ0) is 22.9. The summed E-state index contributed by atoms with van der Waals surface area (Å²) < 4.78 is 24.5. The third-order valence-corrected chi connectivity index (χ3v) is 5.82. The van der Waals surface area contributed by atoms with Crippen LogP contribution in [0.15, 0.2) is 48.5 Å². The van der Waals surface area contributed by atoms with Gasteiger partial charge < -0.3 is 19.7 Å². The van der Waals surface area contributed by atoms with E-state index in [-0.39, 0.29) is 30.9 Å². The molecule has 2 aromatic carbocycles. The standard InChI is InChI=1S/C25H31FN2O4/c1-18(25(30)27-20-8-4-3-5-9-20)28(16-19-12-14-21(31-2)15-13-19)24(29)17-32-23-11-7-6-10-22(23)26/h6-7,10-15,18,20H,3-5,8-9,16-17H2,1-2H3,(H,27,30)/t18-/m0/s1. The predicted molar refractivity (Wildman–Crippen MR) is 120 cm³/mol. The van der Waals surface area contributed by atoms with E-state index in [0.717, 1.165) is 31.2 Å². The largest absolute Gasteiger partial charge is 0.497 e. The van der Waals surface area contributed by atoms with Gasteiger partial charge in [0.25, 0.3) is 5.91 Å². The lowest BCUT2D eigenvalue weighted by Crippen LogP contribution is -2.51. The zero-order valence-corrected chi connectivity index (χ0v) is 18.7. The van der Waals surface area contributed by atoms with Crippen LogP contribution >= 0.6 is 0 Å². The summed E-state index contributed by atoms with van der Waals surface area (Å²) >= 11 is 0. The van der Waals surface area contributed by atoms with Crippen molar-refractivity contribution in [1.82, 2.24) is 10.2 Å². The van der Waals surface area contributed by atoms with Gasteiger partial charge in [-0.15, -0.1) is 0 Å². The van der Waals surface area contributed by atoms with Gasteiger partial charge in [0, 0.05) is 12.6 Å². The first-order valence-electron chi connectivity index (χ1n) is 11.1. The topological polar surface area (TPSA) is 67.9 Å². The van der Waals surface area contributed by atoms with Gasteiger partial charge in [-0.25, -0.2) is 4.39 Å². The van der Waals surface area contributed by atoms with Gasteiger partial charge in [-0.3, -0.25) is 9.59 Å². The van der Waals surface area contributed by atoms with Crippen molar-refractivity contribution in [2.24, 2.45) is 0 Å². The molecule has 1 N–H and O–H groups in total. The number of rotatable bonds is 9. The maximum atomic E-state index is 13.9. The fourth-order valence-corrected chi connectivity index (χ4v) is 3.86. The van der Waals surface area contributed by atoms with Crippen molar-refractivity contribution in [2.45, 2.75) is 57.7 Å². The molecule has 0 aromatic heterocycles. The van der Waals surface area contributed by atoms with E-state index in [0.29, 0.717) is 5.75 Å². The molecule has 172 valence electrons. The first-order chi connectivity index (χ1) is 15.5. The van der Waals surface area contributed by atoms with Crippen molar-refractivity contribution in [3.05, 3.63) is 59.9 Å². The Morgan fingerprint density at radius 2 is 1.78 bits per heavy atom. The van der Waals surface area contributed by atoms with Crippen LogP contribution in [-0.2, 0) is 16.1 Å². The molecule has 1 aliphatic rings. The molecule has 32 heavy (non-hydrogen) atoms. The first-order valence-corrected chi connectivity index (χ1v) is 11.1. The van der Waals surface area contributed by atoms with E-state index >= 15 is 0 Å². The van der Waals surface area contributed by atoms with Crippen molar-refractivity contribution in [1.29, 1.82) is 0 Å². The highest BCUT2D eigenvalue weighted by Crippen LogP contribution is 2.20. The van der Waals surface area contributed by atoms with E-state index in [4.69, 9.17) is 9.47 Å². The summed E-state index contributed by atoms with van der Waals surface area (Å²) in [7, 11) is 1.59. The minimum absolute atomic E-state index is 0.00422. The average Bonchev–Trinajstić information content (AvgIpc) is 2.82. The molecule has 0 unspecified atom stereocenters. The van der Waals surface area contributed by atoms with Crippen LogP contribution < -0.4 is 14.8 Å². The van der Waals surface area contributed by atoms with Gasteiger partial charge >= 0.3 is 0 Å². The number of amides is 2. The fraction of sp³-hybridized carbons (Fsp3) is 0.440. The second-order valence-electron chi connectivity index (χ2n) is 8.11. The summed E-state index contributed by atoms with van der Waals surface area (Å²) in [5.41, 5.74) is 0.849. The lowest BCUT2D eigenvalue weighted by molar-refractivity contribution is -0.142. The second-order valence-corrected chi connectivity index (χ2v) is 8.11. The number of carbonyl (C=O) groups is 2. The Morgan fingerprint density at radius 1 is 1.09 bits per heavy atom. The Kier molecular flexibility index (Phi) is 8.48. The van der Waals surface area contributed by atoms with Crippen LogP contribution in [0.2, 0.25) is 0 Å². The molecule has 0 spiro atoms. The molecule has 1 aliphatic carbocycles. The number of para-hydroxylation sites is 1. The molecule has 0 bridgehead atoms. The van der Waals surface area contributed by atoms with Crippen LogP contribution in [-0.4, -0.2) is 42.5 Å². The second kappa shape index (κ2) is 11.5. The van der Waals surface area contributed by atoms with Crippen LogP contribution in [0.4, 0.5) is 4.39 Å². The molecule has 1 fully saturated rings. The fourth-order valence-electron chi connectivity index (χ4n) is 3.86. The SMILES string of the molecule is COc1ccc(CN(C(=O)COc2ccccc2F)[C@@H](C)C(=O)NC2CCCCC2)cc1. The molecule has 7 heteroatoms. The molecule has 0 heterocycles. The lowest BCUT2D eigenvalue weighted by Gasteiger charge is -2.31. The monoisotopic (exact) mass is 442 g/mol. The maximum Gasteiger partial charge on any atom is 0.261 e. The smallest absolute Gasteiger partial charge is 0.261 e. The van der Waals surface area contributed by atoms with Crippen LogP contribution in [0, 0.1) is 5.82 Å². The van der Waals surface area contributed by atoms with E-state index in [1.807, 2.05) is 12.1 Å². The summed E-state index contributed by atoms with van der Waals surface area (Å²) in [6.07, 6.45) is 5.31. The van der Waals surface area contributed by atoms with Gasteiger partial charge in [0.1, 0.15) is 11.8 Å². The molecule has 3 rings (SSSR count). The van der Waals surface area contributed by atoms with Gasteiger partial charge in [0.2, 0.25) is 5.91 Å². The first kappa shape index (κ1) is 23.6. The molecular formula is C25H31FN2O4. The molecular weight excluding hydrogens is 411 g/mol. The summed E-state index contributed by atoms with van der Waals surface area (Å²) in [6.45, 7) is 1.57. The number of methoxy groups -OCH3 is 1. The minimum atomic E-state index is -0.698. The van der Waals surface area contributed by atoms with Gasteiger partial charge in [0.05, 0.1) is 7.11 Å². The average molecular weight is 443 g/mol. The number of nitrogens with one attached hydrogen (secondary N) is 1. The summed E-state index contributed by atoms with van der Waals surface area (Å²) in [4.78, 5) is 27.5. The van der Waals surface area contributed by atoms with E-state index in [1.165, 1.54) is 23.5 Å². The van der Waals surface area contributed by atoms with E-state index < -0.39 is 17.8 Å². The van der Waals surface area contributed by atoms with Crippen LogP contribution in [0.3, 0.4) is 0 Å². The summed E-state index contributed by atoms with van der Waals surface area (Å²) in [5.74, 6) is -0.410. The summed E-state index contributed by atoms with van der Waals surface area (Å²) in [5, 5.41) is 3.09. The Bertz CT molecular complexity index is 897. The van der Waals surface area contributed by atoms with Crippen molar-refractivity contribution in [3.8, 4) is 11.5 Å². The quantitative estimate of drug-likeness (QED) is 0.636. The number of ether oxygens (including phenoxy) is 2. The maximum absolute atomic E-state index is 13.9. The number of benzene rings is 2. The van der Waals surface area contributed by atoms with Crippen molar-refractivity contribution < 1.29 is 23.5 Å². The number of hydrogen-bond acceptors (Lipinski definition) is 4. The molecule has 2 amide bonds. The molecule has 2 aromatic rings. The van der Waals surface area contributed by atoms with Crippen LogP contribution in [0.25, 0.3) is 0 Å². The Labute approximate surface area is 188 Å². The van der Waals surface area contributed by atoms with Crippen LogP contribution in [0.1, 0.15) is 44.6 Å². The highest BCUT2D eigenvalue weighted by Gasteiger charge is 2.28. The molecule has 6 nitrogen and oxygen atoms in total. The number of hydrogen-bond donors (Lipinski definition) is 1. The van der Waals surface area contributed by atoms with E-state index in [9.17, 15) is 14.0 Å². The molecule has 0 saturated heterocycles. The molecule has 0 aliphatic heterocycles. The molecule has 1 saturated carbocycles. The van der Waals surface area contributed by atoms with E-state index in [1.54, 1.807) is 38.3 Å². The summed E-state index contributed by atoms with van der Waals surface area (Å²) in [6, 6.07) is 12.7. The zero-order valence-electron chi connectivity index (χ0n) is 18.7. The van der Waals surface area contributed by atoms with Gasteiger partial charge in [-0.2, -0.15) is 0 Å². The molecule has 1 atom stereocenters. The lowest BCUT2D eigenvalue weighted by atomic mass is 9.95. The number of halogens is 1. The predicted octanol–water partition coefficient (Wildman–Crippen LogP) is 4.08. The Hall–Kier alpha value is -3.09. The normalized spacial score (nSPS) is 15.0. The Morgan fingerprint density at radius 3 is 2.44 bits per heavy atom. The third kappa shape index (κ3) is 6.45. The highest BCUT2D eigenvalue weighted by atomic mass is 19.1. The number of nitrogens with zero attached hydrogens (tertiary/aromatic N) is 1. The molecule has 0 radical (unpaired) electrons. The number of carbonyl (C=O) groups excluding carboxylic acids is 2. The Balaban J connectivity index is 1.71. The third-order valence-electron chi connectivity index (χ3n) is 5.82. The van der Waals surface area contributed by atoms with E-state index in [2.05, 4.69) is 5.32 Å². The van der Waals surface area contributed by atoms with Gasteiger partial charge in [-0.1, -0.05) is 43.5 Å². The van der Waals surface area contributed by atoms with Gasteiger partial charge in [-0.05, 0) is 49.6 Å². The van der Waals surface area contributed by atoms with Crippen LogP contribution in [0.5, 0.6) is 11.5 Å². The van der Waals surface area contributed by atoms with Crippen molar-refractivity contribution in [3.63, 3.8) is 0 Å². The van der Waals surface area contributed by atoms with Crippen molar-refractivity contribution in [2.75, 3.05) is 13.7 Å². The van der Waals surface area contributed by atoms with Crippen molar-refractivity contribution >= 4 is 11.8 Å². The highest BCUT2D eigenvalue weighted by molar-refractivity contribution is 5.88. The van der Waals surface area contributed by atoms with Gasteiger partial charge in [0.15, 0.2) is 18.2 Å².